The summed E-state index contributed by atoms with van der Waals surface area (Å²) in [5.41, 5.74) is 0.732. The SMILES string of the molecule is Cc1csc(S(=O)(=O)Cl)c1Cl. The molecule has 1 rings (SSSR count). The number of rotatable bonds is 1. The predicted molar refractivity (Wildman–Crippen MR) is 47.1 cm³/mol. The molecule has 1 heterocycles. The normalized spacial score (nSPS) is 11.9. The number of hydrogen-bond acceptors (Lipinski definition) is 3. The zero-order valence-electron chi connectivity index (χ0n) is 5.47. The summed E-state index contributed by atoms with van der Waals surface area (Å²) in [7, 11) is 1.42. The highest BCUT2D eigenvalue weighted by atomic mass is 35.7. The number of halogens is 2. The van der Waals surface area contributed by atoms with Crippen molar-refractivity contribution in [3.8, 4) is 0 Å². The molecule has 1 aromatic rings. The fourth-order valence-corrected chi connectivity index (χ4v) is 3.45. The van der Waals surface area contributed by atoms with Gasteiger partial charge in [-0.1, -0.05) is 11.6 Å². The molecule has 62 valence electrons. The number of thiophene rings is 1. The van der Waals surface area contributed by atoms with Gasteiger partial charge in [0.15, 0.2) is 4.21 Å². The van der Waals surface area contributed by atoms with E-state index in [0.717, 1.165) is 16.9 Å². The van der Waals surface area contributed by atoms with Gasteiger partial charge in [-0.15, -0.1) is 11.3 Å². The lowest BCUT2D eigenvalue weighted by Gasteiger charge is -1.90. The first kappa shape index (κ1) is 9.32. The number of hydrogen-bond donors (Lipinski definition) is 0. The van der Waals surface area contributed by atoms with Crippen LogP contribution >= 0.6 is 33.6 Å². The van der Waals surface area contributed by atoms with E-state index in [4.69, 9.17) is 22.3 Å². The maximum Gasteiger partial charge on any atom is 0.272 e. The van der Waals surface area contributed by atoms with Crippen LogP contribution in [0.3, 0.4) is 0 Å². The molecule has 1 aromatic heterocycles. The summed E-state index contributed by atoms with van der Waals surface area (Å²) >= 11 is 6.67. The smallest absolute Gasteiger partial charge is 0.206 e. The predicted octanol–water partition coefficient (Wildman–Crippen LogP) is 2.64. The van der Waals surface area contributed by atoms with Gasteiger partial charge in [-0.2, -0.15) is 0 Å². The van der Waals surface area contributed by atoms with Crippen molar-refractivity contribution < 1.29 is 8.42 Å². The van der Waals surface area contributed by atoms with Gasteiger partial charge in [0.25, 0.3) is 9.05 Å². The molecule has 6 heteroatoms. The van der Waals surface area contributed by atoms with Crippen LogP contribution in [0, 0.1) is 6.92 Å². The molecule has 11 heavy (non-hydrogen) atoms. The van der Waals surface area contributed by atoms with E-state index in [9.17, 15) is 8.42 Å². The van der Waals surface area contributed by atoms with E-state index in [1.807, 2.05) is 0 Å². The maximum absolute atomic E-state index is 10.8. The Kier molecular flexibility index (Phi) is 2.49. The molecule has 0 spiro atoms. The van der Waals surface area contributed by atoms with Gasteiger partial charge < -0.3 is 0 Å². The van der Waals surface area contributed by atoms with Gasteiger partial charge in [0.05, 0.1) is 5.02 Å². The van der Waals surface area contributed by atoms with E-state index in [1.54, 1.807) is 12.3 Å². The Balaban J connectivity index is 3.38. The highest BCUT2D eigenvalue weighted by molar-refractivity contribution is 8.15. The fourth-order valence-electron chi connectivity index (χ4n) is 0.571. The molecule has 0 radical (unpaired) electrons. The van der Waals surface area contributed by atoms with E-state index in [2.05, 4.69) is 0 Å². The van der Waals surface area contributed by atoms with Crippen molar-refractivity contribution >= 4 is 42.7 Å². The minimum Gasteiger partial charge on any atom is -0.206 e. The molecule has 2 nitrogen and oxygen atoms in total. The summed E-state index contributed by atoms with van der Waals surface area (Å²) in [6, 6.07) is 0. The first-order valence-electron chi connectivity index (χ1n) is 2.61. The molecule has 0 saturated carbocycles. The Labute approximate surface area is 78.2 Å². The van der Waals surface area contributed by atoms with Gasteiger partial charge in [-0.25, -0.2) is 8.42 Å². The van der Waals surface area contributed by atoms with E-state index < -0.39 is 9.05 Å². The van der Waals surface area contributed by atoms with Crippen molar-refractivity contribution in [2.45, 2.75) is 11.1 Å². The maximum atomic E-state index is 10.8. The third kappa shape index (κ3) is 1.87. The zero-order chi connectivity index (χ0) is 8.65. The molecular formula is C5H4Cl2O2S2. The van der Waals surface area contributed by atoms with Crippen molar-refractivity contribution in [1.82, 2.24) is 0 Å². The first-order chi connectivity index (χ1) is 4.93. The molecule has 0 saturated heterocycles. The van der Waals surface area contributed by atoms with Gasteiger partial charge in [-0.05, 0) is 17.9 Å². The van der Waals surface area contributed by atoms with Crippen molar-refractivity contribution in [2.24, 2.45) is 0 Å². The van der Waals surface area contributed by atoms with E-state index in [1.165, 1.54) is 0 Å². The zero-order valence-corrected chi connectivity index (χ0v) is 8.61. The number of aryl methyl sites for hydroxylation is 1. The monoisotopic (exact) mass is 230 g/mol. The van der Waals surface area contributed by atoms with Crippen LogP contribution in [-0.4, -0.2) is 8.42 Å². The lowest BCUT2D eigenvalue weighted by Crippen LogP contribution is -1.85. The topological polar surface area (TPSA) is 34.1 Å². The molecule has 0 unspecified atom stereocenters. The third-order valence-corrected chi connectivity index (χ3v) is 5.02. The lowest BCUT2D eigenvalue weighted by atomic mass is 10.4. The van der Waals surface area contributed by atoms with Crippen LogP contribution < -0.4 is 0 Å². The Morgan fingerprint density at radius 1 is 1.55 bits per heavy atom. The quantitative estimate of drug-likeness (QED) is 0.696. The lowest BCUT2D eigenvalue weighted by molar-refractivity contribution is 0.611. The van der Waals surface area contributed by atoms with Gasteiger partial charge in [0.2, 0.25) is 0 Å². The third-order valence-electron chi connectivity index (χ3n) is 1.09. The van der Waals surface area contributed by atoms with Crippen molar-refractivity contribution in [3.05, 3.63) is 16.0 Å². The molecule has 0 aliphatic carbocycles. The molecule has 0 N–H and O–H groups in total. The van der Waals surface area contributed by atoms with E-state index in [0.29, 0.717) is 0 Å². The van der Waals surface area contributed by atoms with E-state index >= 15 is 0 Å². The largest absolute Gasteiger partial charge is 0.272 e. The average Bonchev–Trinajstić information content (AvgIpc) is 2.11. The average molecular weight is 231 g/mol. The second-order valence-electron chi connectivity index (χ2n) is 1.96. The Bertz CT molecular complexity index is 366. The van der Waals surface area contributed by atoms with Gasteiger partial charge in [0.1, 0.15) is 0 Å². The second kappa shape index (κ2) is 2.94. The molecule has 0 bridgehead atoms. The standard InChI is InChI=1S/C5H4Cl2O2S2/c1-3-2-10-5(4(3)6)11(7,8)9/h2H,1H3. The highest BCUT2D eigenvalue weighted by Gasteiger charge is 2.17. The molecular weight excluding hydrogens is 227 g/mol. The van der Waals surface area contributed by atoms with Crippen LogP contribution in [0.4, 0.5) is 0 Å². The Hall–Kier alpha value is 0.230. The fraction of sp³-hybridized carbons (Fsp3) is 0.200. The minimum absolute atomic E-state index is 0.0262. The summed E-state index contributed by atoms with van der Waals surface area (Å²) in [4.78, 5) is 0. The van der Waals surface area contributed by atoms with Crippen LogP contribution in [0.2, 0.25) is 5.02 Å². The minimum atomic E-state index is -3.65. The van der Waals surface area contributed by atoms with Crippen LogP contribution in [0.1, 0.15) is 5.56 Å². The molecule has 0 amide bonds. The Morgan fingerprint density at radius 3 is 2.27 bits per heavy atom. The van der Waals surface area contributed by atoms with Crippen LogP contribution in [-0.2, 0) is 9.05 Å². The van der Waals surface area contributed by atoms with Gasteiger partial charge >= 0.3 is 0 Å². The van der Waals surface area contributed by atoms with Crippen LogP contribution in [0.15, 0.2) is 9.59 Å². The van der Waals surface area contributed by atoms with Gasteiger partial charge in [-0.3, -0.25) is 0 Å². The highest BCUT2D eigenvalue weighted by Crippen LogP contribution is 2.33. The van der Waals surface area contributed by atoms with E-state index in [-0.39, 0.29) is 9.23 Å². The summed E-state index contributed by atoms with van der Waals surface area (Å²) < 4.78 is 21.5. The van der Waals surface area contributed by atoms with Gasteiger partial charge in [0, 0.05) is 10.7 Å². The molecule has 0 fully saturated rings. The van der Waals surface area contributed by atoms with Crippen molar-refractivity contribution in [2.75, 3.05) is 0 Å². The molecule has 0 aliphatic rings. The Morgan fingerprint density at radius 2 is 2.09 bits per heavy atom. The van der Waals surface area contributed by atoms with Crippen LogP contribution in [0.5, 0.6) is 0 Å². The molecule has 0 atom stereocenters. The second-order valence-corrected chi connectivity index (χ2v) is 5.98. The van der Waals surface area contributed by atoms with Crippen LogP contribution in [0.25, 0.3) is 0 Å². The molecule has 0 aromatic carbocycles. The summed E-state index contributed by atoms with van der Waals surface area (Å²) in [5.74, 6) is 0. The molecule has 0 aliphatic heterocycles. The van der Waals surface area contributed by atoms with Crippen molar-refractivity contribution in [1.29, 1.82) is 0 Å². The first-order valence-corrected chi connectivity index (χ1v) is 6.18. The summed E-state index contributed by atoms with van der Waals surface area (Å²) in [5, 5.41) is 1.88. The summed E-state index contributed by atoms with van der Waals surface area (Å²) in [6.07, 6.45) is 0. The summed E-state index contributed by atoms with van der Waals surface area (Å²) in [6.45, 7) is 1.73. The van der Waals surface area contributed by atoms with Crippen molar-refractivity contribution in [3.63, 3.8) is 0 Å².